The van der Waals surface area contributed by atoms with Gasteiger partial charge in [0.2, 0.25) is 11.8 Å². The molecule has 0 saturated carbocycles. The number of methoxy groups -OCH3 is 1. The van der Waals surface area contributed by atoms with E-state index in [1.807, 2.05) is 42.2 Å². The molecule has 3 rings (SSSR count). The minimum Gasteiger partial charge on any atom is -0.469 e. The van der Waals surface area contributed by atoms with Crippen LogP contribution in [0.1, 0.15) is 45.7 Å². The summed E-state index contributed by atoms with van der Waals surface area (Å²) in [4.78, 5) is 43.6. The Hall–Kier alpha value is -2.35. The quantitative estimate of drug-likeness (QED) is 0.436. The Labute approximate surface area is 175 Å². The zero-order valence-corrected chi connectivity index (χ0v) is 18.2. The highest BCUT2D eigenvalue weighted by Gasteiger charge is 2.60. The van der Waals surface area contributed by atoms with Crippen molar-refractivity contribution in [2.45, 2.75) is 62.4 Å². The first kappa shape index (κ1) is 21.4. The van der Waals surface area contributed by atoms with Gasteiger partial charge in [0.05, 0.1) is 13.5 Å². The number of nitrogens with one attached hydrogen (secondary N) is 1. The number of carbonyl (C=O) groups excluding carboxylic acids is 3. The predicted octanol–water partition coefficient (Wildman–Crippen LogP) is 2.32. The van der Waals surface area contributed by atoms with Crippen LogP contribution < -0.4 is 5.32 Å². The number of fused-ring (bicyclic) bond motifs is 1. The first-order chi connectivity index (χ1) is 13.7. The summed E-state index contributed by atoms with van der Waals surface area (Å²) in [5, 5.41) is 2.83. The largest absolute Gasteiger partial charge is 0.469 e. The van der Waals surface area contributed by atoms with Gasteiger partial charge in [0.25, 0.3) is 0 Å². The van der Waals surface area contributed by atoms with Gasteiger partial charge in [-0.05, 0) is 33.3 Å². The van der Waals surface area contributed by atoms with Gasteiger partial charge in [0.1, 0.15) is 11.4 Å². The van der Waals surface area contributed by atoms with Crippen molar-refractivity contribution in [1.82, 2.24) is 10.2 Å². The van der Waals surface area contributed by atoms with Crippen LogP contribution in [0.15, 0.2) is 35.3 Å². The molecule has 8 heteroatoms. The predicted molar refractivity (Wildman–Crippen MR) is 113 cm³/mol. The Morgan fingerprint density at radius 1 is 1.31 bits per heavy atom. The average Bonchev–Trinajstić information content (AvgIpc) is 2.90. The molecule has 1 N–H and O–H groups in total. The van der Waals surface area contributed by atoms with Crippen LogP contribution in [0.25, 0.3) is 0 Å². The molecule has 7 nitrogen and oxygen atoms in total. The monoisotopic (exact) mass is 417 g/mol. The molecule has 0 aromatic heterocycles. The fraction of sp³-hybridized carbons (Fsp3) is 0.524. The molecular weight excluding hydrogens is 390 g/mol. The lowest BCUT2D eigenvalue weighted by Gasteiger charge is -2.44. The second kappa shape index (κ2) is 8.18. The van der Waals surface area contributed by atoms with E-state index in [2.05, 4.69) is 28.9 Å². The molecule has 0 aliphatic carbocycles. The summed E-state index contributed by atoms with van der Waals surface area (Å²) in [6.07, 6.45) is 0.00737. The van der Waals surface area contributed by atoms with Crippen LogP contribution in [-0.2, 0) is 19.1 Å². The standard InChI is InChI=1S/C21H27N3O4S/c1-12(11-15(25)28-5)22-16(14-9-7-6-8-10-14)18(26)23-17-19(27)24-13(2)21(3,4)29-20(17)24/h6-10,13,16-17,20H,11H2,1-5H3,(H,23,26)/t13-,16?,17+,20+/m0/s1. The van der Waals surface area contributed by atoms with Crippen molar-refractivity contribution in [1.29, 1.82) is 0 Å². The topological polar surface area (TPSA) is 88.1 Å². The Balaban J connectivity index is 1.78. The molecule has 156 valence electrons. The summed E-state index contributed by atoms with van der Waals surface area (Å²) in [5.41, 5.74) is 1.19. The lowest BCUT2D eigenvalue weighted by atomic mass is 9.97. The minimum absolute atomic E-state index is 0.00737. The van der Waals surface area contributed by atoms with Crippen LogP contribution >= 0.6 is 11.8 Å². The zero-order chi connectivity index (χ0) is 21.3. The van der Waals surface area contributed by atoms with E-state index in [9.17, 15) is 14.4 Å². The Morgan fingerprint density at radius 2 is 1.97 bits per heavy atom. The molecule has 4 atom stereocenters. The third-order valence-electron chi connectivity index (χ3n) is 5.57. The first-order valence-corrected chi connectivity index (χ1v) is 10.5. The molecule has 2 aliphatic rings. The molecule has 1 aromatic carbocycles. The highest BCUT2D eigenvalue weighted by Crippen LogP contribution is 2.50. The van der Waals surface area contributed by atoms with Crippen molar-refractivity contribution >= 4 is 35.3 Å². The van der Waals surface area contributed by atoms with Crippen molar-refractivity contribution < 1.29 is 19.1 Å². The number of esters is 1. The highest BCUT2D eigenvalue weighted by atomic mass is 32.2. The summed E-state index contributed by atoms with van der Waals surface area (Å²) >= 11 is 1.71. The van der Waals surface area contributed by atoms with Crippen molar-refractivity contribution in [3.05, 3.63) is 35.9 Å². The maximum absolute atomic E-state index is 13.1. The molecule has 1 unspecified atom stereocenters. The number of thioether (sulfide) groups is 1. The molecule has 0 bridgehead atoms. The van der Waals surface area contributed by atoms with Gasteiger partial charge in [-0.2, -0.15) is 0 Å². The lowest BCUT2D eigenvalue weighted by molar-refractivity contribution is -0.151. The number of aliphatic imine (C=N–C) groups is 1. The Kier molecular flexibility index (Phi) is 6.03. The SMILES string of the molecule is COC(=O)CC(C)=NC(C(=O)N[C@@H]1C(=O)N2[C@@H]1SC(C)(C)[C@@H]2C)c1ccccc1. The molecule has 2 saturated heterocycles. The number of hydrogen-bond acceptors (Lipinski definition) is 6. The minimum atomic E-state index is -0.834. The second-order valence-corrected chi connectivity index (χ2v) is 9.72. The van der Waals surface area contributed by atoms with E-state index in [-0.39, 0.29) is 34.4 Å². The van der Waals surface area contributed by atoms with Crippen molar-refractivity contribution in [2.75, 3.05) is 7.11 Å². The number of rotatable bonds is 6. The third kappa shape index (κ3) is 4.17. The molecular formula is C21H27N3O4S. The van der Waals surface area contributed by atoms with E-state index in [4.69, 9.17) is 0 Å². The van der Waals surface area contributed by atoms with E-state index in [1.54, 1.807) is 18.7 Å². The third-order valence-corrected chi connectivity index (χ3v) is 7.26. The number of amides is 2. The number of β-lactam (4-membered cyclic amide) rings is 1. The van der Waals surface area contributed by atoms with Gasteiger partial charge >= 0.3 is 5.97 Å². The van der Waals surface area contributed by atoms with Gasteiger partial charge < -0.3 is 15.0 Å². The highest BCUT2D eigenvalue weighted by molar-refractivity contribution is 8.01. The van der Waals surface area contributed by atoms with E-state index in [0.29, 0.717) is 11.3 Å². The van der Waals surface area contributed by atoms with Gasteiger partial charge in [-0.15, -0.1) is 11.8 Å². The van der Waals surface area contributed by atoms with E-state index < -0.39 is 18.1 Å². The van der Waals surface area contributed by atoms with Gasteiger partial charge in [0, 0.05) is 16.5 Å². The lowest BCUT2D eigenvalue weighted by Crippen LogP contribution is -2.69. The summed E-state index contributed by atoms with van der Waals surface area (Å²) in [7, 11) is 1.31. The average molecular weight is 418 g/mol. The van der Waals surface area contributed by atoms with Gasteiger partial charge in [0.15, 0.2) is 6.04 Å². The molecule has 29 heavy (non-hydrogen) atoms. The van der Waals surface area contributed by atoms with Gasteiger partial charge in [-0.3, -0.25) is 19.4 Å². The molecule has 0 spiro atoms. The number of ether oxygens (including phenoxy) is 1. The maximum atomic E-state index is 13.1. The zero-order valence-electron chi connectivity index (χ0n) is 17.3. The Morgan fingerprint density at radius 3 is 2.59 bits per heavy atom. The van der Waals surface area contributed by atoms with Crippen molar-refractivity contribution in [3.8, 4) is 0 Å². The fourth-order valence-electron chi connectivity index (χ4n) is 3.60. The van der Waals surface area contributed by atoms with Crippen molar-refractivity contribution in [2.24, 2.45) is 4.99 Å². The normalized spacial score (nSPS) is 26.4. The van der Waals surface area contributed by atoms with Gasteiger partial charge in [-0.1, -0.05) is 30.3 Å². The van der Waals surface area contributed by atoms with Gasteiger partial charge in [-0.25, -0.2) is 0 Å². The van der Waals surface area contributed by atoms with Crippen LogP contribution in [0.5, 0.6) is 0 Å². The van der Waals surface area contributed by atoms with E-state index in [1.165, 1.54) is 7.11 Å². The van der Waals surface area contributed by atoms with Crippen LogP contribution in [0.3, 0.4) is 0 Å². The maximum Gasteiger partial charge on any atom is 0.311 e. The molecule has 2 aliphatic heterocycles. The Bertz CT molecular complexity index is 840. The van der Waals surface area contributed by atoms with Crippen molar-refractivity contribution in [3.63, 3.8) is 0 Å². The van der Waals surface area contributed by atoms with E-state index in [0.717, 1.165) is 0 Å². The molecule has 2 fully saturated rings. The molecule has 0 radical (unpaired) electrons. The molecule has 1 aromatic rings. The van der Waals surface area contributed by atoms with Crippen LogP contribution in [0.4, 0.5) is 0 Å². The number of benzene rings is 1. The molecule has 2 amide bonds. The van der Waals surface area contributed by atoms with Crippen LogP contribution in [-0.4, -0.2) is 57.7 Å². The summed E-state index contributed by atoms with van der Waals surface area (Å²) in [6.45, 7) is 7.95. The smallest absolute Gasteiger partial charge is 0.311 e. The second-order valence-electron chi connectivity index (χ2n) is 7.95. The van der Waals surface area contributed by atoms with Crippen LogP contribution in [0, 0.1) is 0 Å². The summed E-state index contributed by atoms with van der Waals surface area (Å²) < 4.78 is 4.62. The summed E-state index contributed by atoms with van der Waals surface area (Å²) in [5.74, 6) is -0.825. The number of nitrogens with zero attached hydrogens (tertiary/aromatic N) is 2. The fourth-order valence-corrected chi connectivity index (χ4v) is 5.25. The number of hydrogen-bond donors (Lipinski definition) is 1. The first-order valence-electron chi connectivity index (χ1n) is 9.61. The summed E-state index contributed by atoms with van der Waals surface area (Å²) in [6, 6.07) is 7.85. The van der Waals surface area contributed by atoms with Crippen LogP contribution in [0.2, 0.25) is 0 Å². The van der Waals surface area contributed by atoms with E-state index >= 15 is 0 Å². The number of carbonyl (C=O) groups is 3. The molecule has 2 heterocycles.